The molecule has 21 heavy (non-hydrogen) atoms. The summed E-state index contributed by atoms with van der Waals surface area (Å²) in [4.78, 5) is 35.0. The quantitative estimate of drug-likeness (QED) is 0.726. The minimum atomic E-state index is -1.18. The summed E-state index contributed by atoms with van der Waals surface area (Å²) in [6.07, 6.45) is 0. The summed E-state index contributed by atoms with van der Waals surface area (Å²) in [5, 5.41) is 13.7. The summed E-state index contributed by atoms with van der Waals surface area (Å²) in [5.41, 5.74) is 5.46. The number of carboxylic acid groups (broad SMARTS) is 1. The number of hydrogen-bond donors (Lipinski definition) is 3. The molecule has 0 unspecified atom stereocenters. The summed E-state index contributed by atoms with van der Waals surface area (Å²) >= 11 is 1.17. The number of nitrogens with two attached hydrogens (primary N) is 1. The van der Waals surface area contributed by atoms with E-state index in [2.05, 4.69) is 5.32 Å². The van der Waals surface area contributed by atoms with Crippen molar-refractivity contribution < 1.29 is 19.5 Å². The number of ketones is 1. The maximum absolute atomic E-state index is 12.5. The van der Waals surface area contributed by atoms with Crippen molar-refractivity contribution in [3.63, 3.8) is 0 Å². The molecule has 108 valence electrons. The van der Waals surface area contributed by atoms with E-state index in [0.29, 0.717) is 5.00 Å². The first-order valence-electron chi connectivity index (χ1n) is 5.99. The van der Waals surface area contributed by atoms with Gasteiger partial charge in [-0.1, -0.05) is 18.2 Å². The summed E-state index contributed by atoms with van der Waals surface area (Å²) in [6.45, 7) is -0.197. The van der Waals surface area contributed by atoms with Crippen LogP contribution in [0.3, 0.4) is 0 Å². The third-order valence-electron chi connectivity index (χ3n) is 2.75. The number of amides is 1. The second kappa shape index (κ2) is 6.29. The third-order valence-corrected chi connectivity index (χ3v) is 3.58. The van der Waals surface area contributed by atoms with E-state index in [0.717, 1.165) is 0 Å². The van der Waals surface area contributed by atoms with Gasteiger partial charge in [-0.2, -0.15) is 0 Å². The van der Waals surface area contributed by atoms with Gasteiger partial charge in [0.05, 0.1) is 17.7 Å². The van der Waals surface area contributed by atoms with Crippen LogP contribution in [0.25, 0.3) is 0 Å². The number of aromatic carboxylic acids is 1. The Morgan fingerprint density at radius 3 is 2.38 bits per heavy atom. The van der Waals surface area contributed by atoms with Crippen molar-refractivity contribution in [2.75, 3.05) is 11.9 Å². The fourth-order valence-electron chi connectivity index (χ4n) is 1.78. The van der Waals surface area contributed by atoms with Crippen molar-refractivity contribution in [2.24, 2.45) is 5.73 Å². The van der Waals surface area contributed by atoms with Crippen LogP contribution in [-0.2, 0) is 4.79 Å². The van der Waals surface area contributed by atoms with Gasteiger partial charge in [0.2, 0.25) is 5.91 Å². The van der Waals surface area contributed by atoms with Crippen LogP contribution < -0.4 is 11.1 Å². The second-order valence-corrected chi connectivity index (χ2v) is 5.01. The summed E-state index contributed by atoms with van der Waals surface area (Å²) < 4.78 is 0. The van der Waals surface area contributed by atoms with Crippen molar-refractivity contribution in [1.82, 2.24) is 0 Å². The number of rotatable bonds is 5. The Morgan fingerprint density at radius 1 is 1.10 bits per heavy atom. The molecule has 0 fully saturated rings. The van der Waals surface area contributed by atoms with Crippen LogP contribution in [0.15, 0.2) is 35.7 Å². The highest BCUT2D eigenvalue weighted by atomic mass is 32.1. The number of carbonyl (C=O) groups is 3. The molecule has 0 spiro atoms. The Hall–Kier alpha value is -2.51. The summed E-state index contributed by atoms with van der Waals surface area (Å²) in [7, 11) is 0. The topological polar surface area (TPSA) is 109 Å². The van der Waals surface area contributed by atoms with Crippen LogP contribution in [0, 0.1) is 0 Å². The van der Waals surface area contributed by atoms with Gasteiger partial charge in [-0.05, 0) is 17.5 Å². The zero-order valence-corrected chi connectivity index (χ0v) is 11.6. The van der Waals surface area contributed by atoms with Crippen LogP contribution in [-0.4, -0.2) is 29.3 Å². The molecule has 0 atom stereocenters. The predicted octanol–water partition coefficient (Wildman–Crippen LogP) is 1.57. The van der Waals surface area contributed by atoms with Gasteiger partial charge < -0.3 is 16.2 Å². The average Bonchev–Trinajstić information content (AvgIpc) is 2.94. The van der Waals surface area contributed by atoms with Gasteiger partial charge in [0.1, 0.15) is 5.00 Å². The fourth-order valence-corrected chi connectivity index (χ4v) is 2.58. The molecule has 2 aromatic rings. The number of thiophene rings is 1. The minimum absolute atomic E-state index is 0.0756. The largest absolute Gasteiger partial charge is 0.478 e. The first-order chi connectivity index (χ1) is 10.0. The number of hydrogen-bond acceptors (Lipinski definition) is 5. The van der Waals surface area contributed by atoms with Crippen molar-refractivity contribution >= 4 is 34.0 Å². The van der Waals surface area contributed by atoms with Gasteiger partial charge in [-0.25, -0.2) is 4.79 Å². The molecule has 1 aromatic heterocycles. The Morgan fingerprint density at radius 2 is 1.76 bits per heavy atom. The number of carboxylic acids is 1. The Bertz CT molecular complexity index is 709. The van der Waals surface area contributed by atoms with Crippen LogP contribution in [0.2, 0.25) is 0 Å². The monoisotopic (exact) mass is 304 g/mol. The van der Waals surface area contributed by atoms with Crippen LogP contribution in [0.5, 0.6) is 0 Å². The molecule has 7 heteroatoms. The van der Waals surface area contributed by atoms with Crippen LogP contribution in [0.4, 0.5) is 5.00 Å². The molecule has 0 saturated carbocycles. The van der Waals surface area contributed by atoms with Gasteiger partial charge in [-0.15, -0.1) is 11.3 Å². The maximum atomic E-state index is 12.5. The van der Waals surface area contributed by atoms with E-state index in [1.54, 1.807) is 17.5 Å². The van der Waals surface area contributed by atoms with E-state index in [1.807, 2.05) is 0 Å². The molecule has 0 bridgehead atoms. The lowest BCUT2D eigenvalue weighted by Gasteiger charge is -2.07. The minimum Gasteiger partial charge on any atom is -0.478 e. The van der Waals surface area contributed by atoms with E-state index in [-0.39, 0.29) is 23.2 Å². The van der Waals surface area contributed by atoms with E-state index < -0.39 is 17.7 Å². The van der Waals surface area contributed by atoms with E-state index in [9.17, 15) is 14.4 Å². The Labute approximate surface area is 124 Å². The molecule has 1 aromatic carbocycles. The lowest BCUT2D eigenvalue weighted by atomic mass is 10.00. The van der Waals surface area contributed by atoms with E-state index in [4.69, 9.17) is 10.8 Å². The first kappa shape index (κ1) is 14.9. The molecule has 0 aliphatic carbocycles. The number of anilines is 1. The molecule has 0 aliphatic heterocycles. The zero-order chi connectivity index (χ0) is 15.4. The van der Waals surface area contributed by atoms with Gasteiger partial charge in [0.15, 0.2) is 5.78 Å². The highest BCUT2D eigenvalue weighted by Gasteiger charge is 2.21. The Kier molecular flexibility index (Phi) is 4.46. The molecule has 0 radical (unpaired) electrons. The van der Waals surface area contributed by atoms with Crippen molar-refractivity contribution in [1.29, 1.82) is 0 Å². The molecule has 4 N–H and O–H groups in total. The zero-order valence-electron chi connectivity index (χ0n) is 10.8. The maximum Gasteiger partial charge on any atom is 0.336 e. The smallest absolute Gasteiger partial charge is 0.336 e. The third kappa shape index (κ3) is 3.15. The normalized spacial score (nSPS) is 10.1. The Balaban J connectivity index is 2.40. The van der Waals surface area contributed by atoms with Gasteiger partial charge in [-0.3, -0.25) is 9.59 Å². The first-order valence-corrected chi connectivity index (χ1v) is 6.87. The SMILES string of the molecule is NCC(=O)Nc1sccc1C(=O)c1ccccc1C(=O)O. The van der Waals surface area contributed by atoms with E-state index >= 15 is 0 Å². The van der Waals surface area contributed by atoms with Gasteiger partial charge >= 0.3 is 5.97 Å². The summed E-state index contributed by atoms with van der Waals surface area (Å²) in [6, 6.07) is 7.48. The predicted molar refractivity (Wildman–Crippen MR) is 78.8 cm³/mol. The number of benzene rings is 1. The van der Waals surface area contributed by atoms with Gasteiger partial charge in [0, 0.05) is 5.56 Å². The van der Waals surface area contributed by atoms with Crippen molar-refractivity contribution in [2.45, 2.75) is 0 Å². The summed E-state index contributed by atoms with van der Waals surface area (Å²) in [5.74, 6) is -2.05. The van der Waals surface area contributed by atoms with Crippen molar-refractivity contribution in [3.05, 3.63) is 52.4 Å². The highest BCUT2D eigenvalue weighted by Crippen LogP contribution is 2.26. The van der Waals surface area contributed by atoms with E-state index in [1.165, 1.54) is 29.5 Å². The molecule has 1 amide bonds. The lowest BCUT2D eigenvalue weighted by molar-refractivity contribution is -0.114. The lowest BCUT2D eigenvalue weighted by Crippen LogP contribution is -2.22. The molecule has 0 saturated heterocycles. The second-order valence-electron chi connectivity index (χ2n) is 4.10. The highest BCUT2D eigenvalue weighted by molar-refractivity contribution is 7.14. The molecular weight excluding hydrogens is 292 g/mol. The standard InChI is InChI=1S/C14H12N2O4S/c15-7-11(17)16-13-10(5-6-21-13)12(18)8-3-1-2-4-9(8)14(19)20/h1-6H,7,15H2,(H,16,17)(H,19,20). The molecule has 2 rings (SSSR count). The molecular formula is C14H12N2O4S. The number of carbonyl (C=O) groups excluding carboxylic acids is 2. The van der Waals surface area contributed by atoms with Crippen molar-refractivity contribution in [3.8, 4) is 0 Å². The molecule has 1 heterocycles. The van der Waals surface area contributed by atoms with Crippen LogP contribution in [0.1, 0.15) is 26.3 Å². The number of nitrogens with one attached hydrogen (secondary N) is 1. The molecule has 0 aliphatic rings. The fraction of sp³-hybridized carbons (Fsp3) is 0.0714. The van der Waals surface area contributed by atoms with Gasteiger partial charge in [0.25, 0.3) is 0 Å². The van der Waals surface area contributed by atoms with Crippen LogP contribution >= 0.6 is 11.3 Å². The molecule has 6 nitrogen and oxygen atoms in total. The average molecular weight is 304 g/mol.